The number of aliphatic hydroxyl groups is 2. The first-order chi connectivity index (χ1) is 11.2. The highest BCUT2D eigenvalue weighted by molar-refractivity contribution is 5.82. The lowest BCUT2D eigenvalue weighted by Gasteiger charge is -2.05. The maximum absolute atomic E-state index is 11.3. The minimum atomic E-state index is -1.17. The Bertz CT molecular complexity index is 287. The van der Waals surface area contributed by atoms with Crippen LogP contribution in [0.3, 0.4) is 0 Å². The molecule has 1 atom stereocenters. The first kappa shape index (κ1) is 22.3. The molecule has 0 fully saturated rings. The van der Waals surface area contributed by atoms with Crippen LogP contribution in [0.4, 0.5) is 0 Å². The number of ketones is 1. The van der Waals surface area contributed by atoms with Crippen molar-refractivity contribution < 1.29 is 15.0 Å². The number of carbonyl (C=O) groups is 1. The van der Waals surface area contributed by atoms with Crippen LogP contribution in [0.5, 0.6) is 0 Å². The third-order valence-corrected chi connectivity index (χ3v) is 4.23. The Hall–Kier alpha value is -0.670. The van der Waals surface area contributed by atoms with Crippen molar-refractivity contribution in [2.45, 2.75) is 103 Å². The second-order valence-corrected chi connectivity index (χ2v) is 6.50. The van der Waals surface area contributed by atoms with Gasteiger partial charge in [-0.2, -0.15) is 0 Å². The molecule has 0 bridgehead atoms. The van der Waals surface area contributed by atoms with Gasteiger partial charge in [0.05, 0.1) is 6.61 Å². The molecule has 0 rings (SSSR count). The van der Waals surface area contributed by atoms with Gasteiger partial charge in [0.1, 0.15) is 6.10 Å². The summed E-state index contributed by atoms with van der Waals surface area (Å²) in [6.45, 7) is 1.80. The summed E-state index contributed by atoms with van der Waals surface area (Å²) in [7, 11) is 0. The van der Waals surface area contributed by atoms with E-state index in [2.05, 4.69) is 19.1 Å². The van der Waals surface area contributed by atoms with Gasteiger partial charge in [-0.3, -0.25) is 4.79 Å². The number of unbranched alkanes of at least 4 members (excludes halogenated alkanes) is 11. The molecule has 23 heavy (non-hydrogen) atoms. The van der Waals surface area contributed by atoms with Crippen LogP contribution in [0, 0.1) is 0 Å². The highest BCUT2D eigenvalue weighted by Crippen LogP contribution is 2.10. The van der Waals surface area contributed by atoms with Gasteiger partial charge in [-0.1, -0.05) is 70.4 Å². The lowest BCUT2D eigenvalue weighted by atomic mass is 10.1. The van der Waals surface area contributed by atoms with E-state index in [0.29, 0.717) is 6.42 Å². The van der Waals surface area contributed by atoms with Crippen molar-refractivity contribution in [1.82, 2.24) is 0 Å². The van der Waals surface area contributed by atoms with Crippen molar-refractivity contribution >= 4 is 5.78 Å². The van der Waals surface area contributed by atoms with Crippen LogP contribution >= 0.6 is 0 Å². The van der Waals surface area contributed by atoms with Gasteiger partial charge < -0.3 is 10.2 Å². The van der Waals surface area contributed by atoms with Crippen molar-refractivity contribution in [2.75, 3.05) is 6.61 Å². The largest absolute Gasteiger partial charge is 0.393 e. The molecule has 0 spiro atoms. The maximum atomic E-state index is 11.3. The highest BCUT2D eigenvalue weighted by Gasteiger charge is 2.12. The Morgan fingerprint density at radius 1 is 0.826 bits per heavy atom. The smallest absolute Gasteiger partial charge is 0.163 e. The lowest BCUT2D eigenvalue weighted by Crippen LogP contribution is -2.23. The number of rotatable bonds is 17. The maximum Gasteiger partial charge on any atom is 0.163 e. The second kappa shape index (κ2) is 17.7. The van der Waals surface area contributed by atoms with Crippen molar-refractivity contribution in [3.8, 4) is 0 Å². The van der Waals surface area contributed by atoms with E-state index >= 15 is 0 Å². The summed E-state index contributed by atoms with van der Waals surface area (Å²) in [6.07, 6.45) is 19.9. The molecule has 0 aromatic rings. The van der Waals surface area contributed by atoms with Gasteiger partial charge in [0.15, 0.2) is 5.78 Å². The van der Waals surface area contributed by atoms with Crippen LogP contribution in [0.1, 0.15) is 96.8 Å². The van der Waals surface area contributed by atoms with Crippen molar-refractivity contribution in [2.24, 2.45) is 0 Å². The van der Waals surface area contributed by atoms with Gasteiger partial charge >= 0.3 is 0 Å². The molecule has 0 heterocycles. The van der Waals surface area contributed by atoms with Gasteiger partial charge in [-0.15, -0.1) is 0 Å². The summed E-state index contributed by atoms with van der Waals surface area (Å²) >= 11 is 0. The number of hydrogen-bond donors (Lipinski definition) is 2. The second-order valence-electron chi connectivity index (χ2n) is 6.50. The van der Waals surface area contributed by atoms with Gasteiger partial charge in [-0.25, -0.2) is 0 Å². The summed E-state index contributed by atoms with van der Waals surface area (Å²) in [4.78, 5) is 11.3. The Morgan fingerprint density at radius 2 is 1.30 bits per heavy atom. The van der Waals surface area contributed by atoms with E-state index in [-0.39, 0.29) is 5.78 Å². The minimum Gasteiger partial charge on any atom is -0.393 e. The third-order valence-electron chi connectivity index (χ3n) is 4.23. The van der Waals surface area contributed by atoms with Crippen LogP contribution in [0.2, 0.25) is 0 Å². The highest BCUT2D eigenvalue weighted by atomic mass is 16.3. The zero-order chi connectivity index (χ0) is 17.2. The third kappa shape index (κ3) is 16.0. The van der Waals surface area contributed by atoms with Crippen LogP contribution in [0.25, 0.3) is 0 Å². The number of Topliss-reactive ketones (excluding diaryl/α,β-unsaturated/α-hetero) is 1. The Morgan fingerprint density at radius 3 is 1.83 bits per heavy atom. The number of carbonyl (C=O) groups excluding carboxylic acids is 1. The van der Waals surface area contributed by atoms with E-state index in [1.54, 1.807) is 0 Å². The minimum absolute atomic E-state index is 0.231. The summed E-state index contributed by atoms with van der Waals surface area (Å²) in [5.74, 6) is -0.231. The predicted molar refractivity (Wildman–Crippen MR) is 97.6 cm³/mol. The number of hydrogen-bond acceptors (Lipinski definition) is 3. The van der Waals surface area contributed by atoms with Crippen LogP contribution in [-0.4, -0.2) is 28.7 Å². The molecule has 0 aliphatic heterocycles. The summed E-state index contributed by atoms with van der Waals surface area (Å²) in [6, 6.07) is 0. The summed E-state index contributed by atoms with van der Waals surface area (Å²) < 4.78 is 0. The van der Waals surface area contributed by atoms with Gasteiger partial charge in [0, 0.05) is 6.42 Å². The SMILES string of the molecule is CCCCCCCC/C=C\CCCCCCCC(=O)C(O)CO. The molecule has 0 aromatic carbocycles. The molecule has 0 saturated heterocycles. The Kier molecular flexibility index (Phi) is 17.2. The fraction of sp³-hybridized carbons (Fsp3) is 0.850. The lowest BCUT2D eigenvalue weighted by molar-refractivity contribution is -0.129. The summed E-state index contributed by atoms with van der Waals surface area (Å²) in [5, 5.41) is 17.8. The number of aliphatic hydroxyl groups excluding tert-OH is 2. The topological polar surface area (TPSA) is 57.5 Å². The molecule has 136 valence electrons. The molecule has 0 saturated carbocycles. The van der Waals surface area contributed by atoms with E-state index in [0.717, 1.165) is 25.7 Å². The van der Waals surface area contributed by atoms with Crippen molar-refractivity contribution in [1.29, 1.82) is 0 Å². The standard InChI is InChI=1S/C20H38O3/c1-2-3-4-5-6-7-8-9-10-11-12-13-14-15-16-17-19(22)20(23)18-21/h9-10,20-21,23H,2-8,11-18H2,1H3/b10-9-. The van der Waals surface area contributed by atoms with Crippen molar-refractivity contribution in [3.05, 3.63) is 12.2 Å². The Balaban J connectivity index is 3.21. The first-order valence-corrected chi connectivity index (χ1v) is 9.69. The number of allylic oxidation sites excluding steroid dienone is 2. The molecule has 1 unspecified atom stereocenters. The zero-order valence-corrected chi connectivity index (χ0v) is 15.1. The van der Waals surface area contributed by atoms with Gasteiger partial charge in [0.25, 0.3) is 0 Å². The van der Waals surface area contributed by atoms with E-state index in [1.165, 1.54) is 57.8 Å². The molecule has 3 nitrogen and oxygen atoms in total. The molecule has 0 aromatic heterocycles. The predicted octanol–water partition coefficient (Wildman–Crippen LogP) is 4.95. The monoisotopic (exact) mass is 326 g/mol. The summed E-state index contributed by atoms with van der Waals surface area (Å²) in [5.41, 5.74) is 0. The molecule has 0 aliphatic carbocycles. The quantitative estimate of drug-likeness (QED) is 0.294. The zero-order valence-electron chi connectivity index (χ0n) is 15.1. The normalized spacial score (nSPS) is 12.8. The fourth-order valence-corrected chi connectivity index (χ4v) is 2.64. The van der Waals surface area contributed by atoms with Crippen molar-refractivity contribution in [3.63, 3.8) is 0 Å². The van der Waals surface area contributed by atoms with Crippen LogP contribution in [-0.2, 0) is 4.79 Å². The molecular formula is C20H38O3. The van der Waals surface area contributed by atoms with E-state index < -0.39 is 12.7 Å². The van der Waals surface area contributed by atoms with Crippen LogP contribution < -0.4 is 0 Å². The molecule has 0 amide bonds. The van der Waals surface area contributed by atoms with Gasteiger partial charge in [0.2, 0.25) is 0 Å². The molecule has 0 radical (unpaired) electrons. The van der Waals surface area contributed by atoms with E-state index in [1.807, 2.05) is 0 Å². The molecule has 2 N–H and O–H groups in total. The Labute approximate surface area is 143 Å². The fourth-order valence-electron chi connectivity index (χ4n) is 2.64. The van der Waals surface area contributed by atoms with E-state index in [9.17, 15) is 4.79 Å². The molecule has 3 heteroatoms. The van der Waals surface area contributed by atoms with Crippen LogP contribution in [0.15, 0.2) is 12.2 Å². The van der Waals surface area contributed by atoms with E-state index in [4.69, 9.17) is 10.2 Å². The molecule has 0 aliphatic rings. The average molecular weight is 327 g/mol. The van der Waals surface area contributed by atoms with Gasteiger partial charge in [-0.05, 0) is 32.1 Å². The average Bonchev–Trinajstić information content (AvgIpc) is 2.57. The molecular weight excluding hydrogens is 288 g/mol. The first-order valence-electron chi connectivity index (χ1n) is 9.69.